The van der Waals surface area contributed by atoms with Crippen molar-refractivity contribution in [2.75, 3.05) is 19.7 Å². The van der Waals surface area contributed by atoms with E-state index < -0.39 is 0 Å². The number of carbonyl (C=O) groups excluding carboxylic acids is 2. The van der Waals surface area contributed by atoms with Crippen LogP contribution < -0.4 is 5.32 Å². The van der Waals surface area contributed by atoms with Gasteiger partial charge in [-0.05, 0) is 44.4 Å². The molecule has 2 unspecified atom stereocenters. The molecule has 1 aliphatic rings. The summed E-state index contributed by atoms with van der Waals surface area (Å²) < 4.78 is 17.9. The Hall–Kier alpha value is -2.11. The van der Waals surface area contributed by atoms with E-state index in [1.807, 2.05) is 6.92 Å². The van der Waals surface area contributed by atoms with E-state index in [0.717, 1.165) is 18.4 Å². The number of carbonyl (C=O) groups is 2. The molecule has 23 heavy (non-hydrogen) atoms. The minimum atomic E-state index is -0.364. The van der Waals surface area contributed by atoms with Crippen LogP contribution in [0, 0.1) is 11.7 Å². The molecule has 0 spiro atoms. The van der Waals surface area contributed by atoms with Crippen LogP contribution in [0.15, 0.2) is 24.3 Å². The highest BCUT2D eigenvalue weighted by atomic mass is 19.1. The molecule has 2 rings (SSSR count). The predicted molar refractivity (Wildman–Crippen MR) is 84.3 cm³/mol. The summed E-state index contributed by atoms with van der Waals surface area (Å²) in [6.07, 6.45) is 1.16. The van der Waals surface area contributed by atoms with E-state index in [9.17, 15) is 14.0 Å². The maximum absolute atomic E-state index is 12.9. The highest BCUT2D eigenvalue weighted by Crippen LogP contribution is 2.20. The molecule has 6 heteroatoms. The van der Waals surface area contributed by atoms with E-state index in [-0.39, 0.29) is 29.8 Å². The Balaban J connectivity index is 1.91. The molecule has 0 bridgehead atoms. The van der Waals surface area contributed by atoms with Crippen molar-refractivity contribution in [3.05, 3.63) is 35.6 Å². The molecule has 2 atom stereocenters. The molecule has 0 radical (unpaired) electrons. The van der Waals surface area contributed by atoms with Crippen LogP contribution >= 0.6 is 0 Å². The Labute approximate surface area is 135 Å². The number of likely N-dealkylation sites (tertiary alicyclic amines) is 1. The minimum Gasteiger partial charge on any atom is -0.450 e. The lowest BCUT2D eigenvalue weighted by atomic mass is 9.96. The SMILES string of the molecule is CCOC(=O)N1CCCC(C(=O)NC(C)c2ccc(F)cc2)C1. The molecule has 0 aliphatic carbocycles. The number of piperidine rings is 1. The first-order chi connectivity index (χ1) is 11.0. The molecule has 1 saturated heterocycles. The summed E-state index contributed by atoms with van der Waals surface area (Å²) in [5, 5.41) is 2.94. The van der Waals surface area contributed by atoms with Crippen molar-refractivity contribution >= 4 is 12.0 Å². The van der Waals surface area contributed by atoms with Gasteiger partial charge in [0.05, 0.1) is 18.6 Å². The van der Waals surface area contributed by atoms with E-state index in [1.54, 1.807) is 24.0 Å². The van der Waals surface area contributed by atoms with Crippen LogP contribution in [-0.2, 0) is 9.53 Å². The van der Waals surface area contributed by atoms with Gasteiger partial charge < -0.3 is 15.0 Å². The summed E-state index contributed by atoms with van der Waals surface area (Å²) in [4.78, 5) is 25.8. The third-order valence-electron chi connectivity index (χ3n) is 4.05. The van der Waals surface area contributed by atoms with Gasteiger partial charge in [0, 0.05) is 13.1 Å². The van der Waals surface area contributed by atoms with Crippen LogP contribution in [0.5, 0.6) is 0 Å². The molecule has 1 heterocycles. The van der Waals surface area contributed by atoms with E-state index in [0.29, 0.717) is 19.7 Å². The van der Waals surface area contributed by atoms with Crippen LogP contribution in [0.4, 0.5) is 9.18 Å². The second-order valence-corrected chi connectivity index (χ2v) is 5.77. The quantitative estimate of drug-likeness (QED) is 0.927. The van der Waals surface area contributed by atoms with Crippen molar-refractivity contribution in [1.82, 2.24) is 10.2 Å². The van der Waals surface area contributed by atoms with Gasteiger partial charge in [-0.3, -0.25) is 4.79 Å². The zero-order chi connectivity index (χ0) is 16.8. The number of ether oxygens (including phenoxy) is 1. The fraction of sp³-hybridized carbons (Fsp3) is 0.529. The maximum atomic E-state index is 12.9. The van der Waals surface area contributed by atoms with E-state index in [4.69, 9.17) is 4.74 Å². The fourth-order valence-electron chi connectivity index (χ4n) is 2.74. The smallest absolute Gasteiger partial charge is 0.409 e. The number of amides is 2. The van der Waals surface area contributed by atoms with Gasteiger partial charge in [0.1, 0.15) is 5.82 Å². The first-order valence-electron chi connectivity index (χ1n) is 7.98. The summed E-state index contributed by atoms with van der Waals surface area (Å²) in [7, 11) is 0. The lowest BCUT2D eigenvalue weighted by Crippen LogP contribution is -2.46. The number of hydrogen-bond acceptors (Lipinski definition) is 3. The molecule has 0 saturated carbocycles. The van der Waals surface area contributed by atoms with Crippen LogP contribution in [0.1, 0.15) is 38.3 Å². The molecule has 5 nitrogen and oxygen atoms in total. The topological polar surface area (TPSA) is 58.6 Å². The lowest BCUT2D eigenvalue weighted by molar-refractivity contribution is -0.127. The van der Waals surface area contributed by atoms with Crippen LogP contribution in [-0.4, -0.2) is 36.6 Å². The van der Waals surface area contributed by atoms with Gasteiger partial charge in [0.15, 0.2) is 0 Å². The molecular weight excluding hydrogens is 299 g/mol. The van der Waals surface area contributed by atoms with Gasteiger partial charge in [-0.15, -0.1) is 0 Å². The molecule has 2 amide bonds. The molecular formula is C17H23FN2O3. The zero-order valence-electron chi connectivity index (χ0n) is 13.5. The van der Waals surface area contributed by atoms with Gasteiger partial charge in [0.2, 0.25) is 5.91 Å². The van der Waals surface area contributed by atoms with Crippen molar-refractivity contribution in [2.45, 2.75) is 32.7 Å². The number of nitrogens with zero attached hydrogens (tertiary/aromatic N) is 1. The van der Waals surface area contributed by atoms with Crippen LogP contribution in [0.25, 0.3) is 0 Å². The number of benzene rings is 1. The largest absolute Gasteiger partial charge is 0.450 e. The van der Waals surface area contributed by atoms with Crippen molar-refractivity contribution < 1.29 is 18.7 Å². The number of hydrogen-bond donors (Lipinski definition) is 1. The summed E-state index contributed by atoms with van der Waals surface area (Å²) >= 11 is 0. The van der Waals surface area contributed by atoms with Crippen molar-refractivity contribution in [3.63, 3.8) is 0 Å². The van der Waals surface area contributed by atoms with E-state index in [1.165, 1.54) is 12.1 Å². The third-order valence-corrected chi connectivity index (χ3v) is 4.05. The minimum absolute atomic E-state index is 0.0872. The van der Waals surface area contributed by atoms with Crippen molar-refractivity contribution in [2.24, 2.45) is 5.92 Å². The molecule has 1 aromatic carbocycles. The van der Waals surface area contributed by atoms with Gasteiger partial charge in [-0.2, -0.15) is 0 Å². The fourth-order valence-corrected chi connectivity index (χ4v) is 2.74. The van der Waals surface area contributed by atoms with Crippen molar-refractivity contribution in [3.8, 4) is 0 Å². The summed E-state index contributed by atoms with van der Waals surface area (Å²) in [6.45, 7) is 4.94. The molecule has 126 valence electrons. The Bertz CT molecular complexity index is 547. The molecule has 1 aliphatic heterocycles. The molecule has 1 fully saturated rings. The van der Waals surface area contributed by atoms with Crippen LogP contribution in [0.2, 0.25) is 0 Å². The summed E-state index contributed by atoms with van der Waals surface area (Å²) in [6, 6.07) is 5.86. The highest BCUT2D eigenvalue weighted by molar-refractivity contribution is 5.80. The van der Waals surface area contributed by atoms with Crippen LogP contribution in [0.3, 0.4) is 0 Å². The zero-order valence-corrected chi connectivity index (χ0v) is 13.5. The Morgan fingerprint density at radius 2 is 2.09 bits per heavy atom. The second-order valence-electron chi connectivity index (χ2n) is 5.77. The Morgan fingerprint density at radius 1 is 1.39 bits per heavy atom. The summed E-state index contributed by atoms with van der Waals surface area (Å²) in [5.74, 6) is -0.628. The highest BCUT2D eigenvalue weighted by Gasteiger charge is 2.29. The van der Waals surface area contributed by atoms with Crippen molar-refractivity contribution in [1.29, 1.82) is 0 Å². The van der Waals surface area contributed by atoms with E-state index >= 15 is 0 Å². The summed E-state index contributed by atoms with van der Waals surface area (Å²) in [5.41, 5.74) is 0.845. The van der Waals surface area contributed by atoms with E-state index in [2.05, 4.69) is 5.32 Å². The molecule has 1 N–H and O–H groups in total. The predicted octanol–water partition coefficient (Wildman–Crippen LogP) is 2.87. The molecule has 0 aromatic heterocycles. The average Bonchev–Trinajstić information content (AvgIpc) is 2.55. The Kier molecular flexibility index (Phi) is 5.96. The average molecular weight is 322 g/mol. The molecule has 1 aromatic rings. The number of nitrogens with one attached hydrogen (secondary N) is 1. The number of rotatable bonds is 4. The first-order valence-corrected chi connectivity index (χ1v) is 7.98. The number of halogens is 1. The second kappa shape index (κ2) is 7.94. The lowest BCUT2D eigenvalue weighted by Gasteiger charge is -2.31. The monoisotopic (exact) mass is 322 g/mol. The maximum Gasteiger partial charge on any atom is 0.409 e. The Morgan fingerprint density at radius 3 is 2.74 bits per heavy atom. The van der Waals surface area contributed by atoms with Gasteiger partial charge in [0.25, 0.3) is 0 Å². The van der Waals surface area contributed by atoms with Gasteiger partial charge in [-0.1, -0.05) is 12.1 Å². The standard InChI is InChI=1S/C17H23FN2O3/c1-3-23-17(22)20-10-4-5-14(11-20)16(21)19-12(2)13-6-8-15(18)9-7-13/h6-9,12,14H,3-5,10-11H2,1-2H3,(H,19,21). The van der Waals surface area contributed by atoms with Gasteiger partial charge in [-0.25, -0.2) is 9.18 Å². The normalized spacial score (nSPS) is 19.1. The first kappa shape index (κ1) is 17.2. The third kappa shape index (κ3) is 4.68. The van der Waals surface area contributed by atoms with Gasteiger partial charge >= 0.3 is 6.09 Å².